The van der Waals surface area contributed by atoms with Gasteiger partial charge in [-0.05, 0) is 25.1 Å². The summed E-state index contributed by atoms with van der Waals surface area (Å²) in [4.78, 5) is 36.2. The van der Waals surface area contributed by atoms with Crippen molar-refractivity contribution in [2.24, 2.45) is 0 Å². The minimum absolute atomic E-state index is 0.119. The maximum Gasteiger partial charge on any atom is 0.325 e. The lowest BCUT2D eigenvalue weighted by molar-refractivity contribution is -0.141. The third-order valence-corrected chi connectivity index (χ3v) is 4.60. The first-order valence-electron chi connectivity index (χ1n) is 6.98. The summed E-state index contributed by atoms with van der Waals surface area (Å²) in [5.74, 6) is -2.70. The second-order valence-corrected chi connectivity index (χ2v) is 6.81. The highest BCUT2D eigenvalue weighted by molar-refractivity contribution is 8.26. The van der Waals surface area contributed by atoms with E-state index in [0.717, 1.165) is 22.7 Å². The maximum atomic E-state index is 12.4. The van der Waals surface area contributed by atoms with Crippen LogP contribution in [0.25, 0.3) is 6.08 Å². The Bertz CT molecular complexity index is 792. The lowest BCUT2D eigenvalue weighted by Gasteiger charge is -2.15. The Labute approximate surface area is 152 Å². The summed E-state index contributed by atoms with van der Waals surface area (Å²) in [5.41, 5.74) is 0.308. The van der Waals surface area contributed by atoms with E-state index in [2.05, 4.69) is 5.32 Å². The summed E-state index contributed by atoms with van der Waals surface area (Å²) in [6.45, 7) is 0.902. The van der Waals surface area contributed by atoms with Gasteiger partial charge in [0.05, 0.1) is 4.91 Å². The van der Waals surface area contributed by atoms with Crippen molar-refractivity contribution in [3.8, 4) is 11.5 Å². The van der Waals surface area contributed by atoms with Crippen molar-refractivity contribution in [2.45, 2.75) is 13.0 Å². The van der Waals surface area contributed by atoms with E-state index in [-0.39, 0.29) is 20.7 Å². The summed E-state index contributed by atoms with van der Waals surface area (Å²) in [5, 5.41) is 30.1. The fourth-order valence-corrected chi connectivity index (χ4v) is 3.17. The molecule has 1 fully saturated rings. The first-order chi connectivity index (χ1) is 11.7. The quantitative estimate of drug-likeness (QED) is 0.437. The number of carbonyl (C=O) groups excluding carboxylic acids is 2. The number of amides is 2. The standard InChI is InChI=1S/C15H14N2O6S2/c1-7(14(22)23)16-12(20)6-17-13(21)11(25-15(17)24)4-8-2-3-9(18)5-10(8)19/h2-5,7,18-19H,6H2,1H3,(H,16,20)(H,22,23)/b11-4-. The molecule has 0 bridgehead atoms. The van der Waals surface area contributed by atoms with E-state index < -0.39 is 30.4 Å². The smallest absolute Gasteiger partial charge is 0.325 e. The number of thiocarbonyl (C=S) groups is 1. The highest BCUT2D eigenvalue weighted by Crippen LogP contribution is 2.34. The Balaban J connectivity index is 2.13. The number of carboxylic acid groups (broad SMARTS) is 1. The Kier molecular flexibility index (Phi) is 5.65. The largest absolute Gasteiger partial charge is 0.508 e. The molecule has 1 aromatic rings. The summed E-state index contributed by atoms with van der Waals surface area (Å²) >= 11 is 6.03. The van der Waals surface area contributed by atoms with Crippen LogP contribution in [-0.4, -0.2) is 54.9 Å². The molecule has 1 heterocycles. The second-order valence-electron chi connectivity index (χ2n) is 5.14. The Morgan fingerprint density at radius 2 is 2.08 bits per heavy atom. The molecule has 0 spiro atoms. The van der Waals surface area contributed by atoms with Crippen molar-refractivity contribution in [2.75, 3.05) is 6.54 Å². The molecule has 1 aromatic carbocycles. The number of carbonyl (C=O) groups is 3. The van der Waals surface area contributed by atoms with E-state index in [9.17, 15) is 24.6 Å². The summed E-state index contributed by atoms with van der Waals surface area (Å²) in [6.07, 6.45) is 1.39. The van der Waals surface area contributed by atoms with E-state index in [1.807, 2.05) is 0 Å². The number of aromatic hydroxyl groups is 2. The van der Waals surface area contributed by atoms with Crippen LogP contribution in [0.3, 0.4) is 0 Å². The van der Waals surface area contributed by atoms with Crippen LogP contribution in [0.15, 0.2) is 23.1 Å². The number of benzene rings is 1. The zero-order chi connectivity index (χ0) is 18.7. The molecule has 1 saturated heterocycles. The van der Waals surface area contributed by atoms with Crippen LogP contribution in [0.4, 0.5) is 0 Å². The topological polar surface area (TPSA) is 127 Å². The molecule has 25 heavy (non-hydrogen) atoms. The molecule has 1 aliphatic heterocycles. The summed E-state index contributed by atoms with van der Waals surface area (Å²) < 4.78 is 0.146. The molecular formula is C15H14N2O6S2. The first kappa shape index (κ1) is 18.7. The molecular weight excluding hydrogens is 368 g/mol. The van der Waals surface area contributed by atoms with Gasteiger partial charge in [0, 0.05) is 11.6 Å². The number of thioether (sulfide) groups is 1. The minimum atomic E-state index is -1.19. The van der Waals surface area contributed by atoms with Crippen LogP contribution in [0.5, 0.6) is 11.5 Å². The van der Waals surface area contributed by atoms with Crippen LogP contribution in [0.1, 0.15) is 12.5 Å². The van der Waals surface area contributed by atoms with Gasteiger partial charge < -0.3 is 20.6 Å². The lowest BCUT2D eigenvalue weighted by atomic mass is 10.1. The van der Waals surface area contributed by atoms with Gasteiger partial charge in [-0.15, -0.1) is 0 Å². The van der Waals surface area contributed by atoms with Gasteiger partial charge in [-0.3, -0.25) is 19.3 Å². The van der Waals surface area contributed by atoms with Gasteiger partial charge in [0.25, 0.3) is 5.91 Å². The number of phenolic OH excluding ortho intramolecular Hbond substituents is 2. The number of phenols is 2. The third-order valence-electron chi connectivity index (χ3n) is 3.22. The molecule has 8 nitrogen and oxygen atoms in total. The van der Waals surface area contributed by atoms with Gasteiger partial charge in [-0.25, -0.2) is 0 Å². The molecule has 132 valence electrons. The van der Waals surface area contributed by atoms with E-state index >= 15 is 0 Å². The highest BCUT2D eigenvalue weighted by Gasteiger charge is 2.34. The number of nitrogens with zero attached hydrogens (tertiary/aromatic N) is 1. The Morgan fingerprint density at radius 1 is 1.40 bits per heavy atom. The molecule has 0 radical (unpaired) electrons. The van der Waals surface area contributed by atoms with E-state index in [0.29, 0.717) is 5.56 Å². The van der Waals surface area contributed by atoms with E-state index in [1.54, 1.807) is 0 Å². The van der Waals surface area contributed by atoms with Crippen molar-refractivity contribution in [3.05, 3.63) is 28.7 Å². The first-order valence-corrected chi connectivity index (χ1v) is 8.21. The predicted octanol–water partition coefficient (Wildman–Crippen LogP) is 0.888. The number of hydrogen-bond acceptors (Lipinski definition) is 7. The Hall–Kier alpha value is -2.59. The third kappa shape index (κ3) is 4.48. The molecule has 10 heteroatoms. The fraction of sp³-hybridized carbons (Fsp3) is 0.200. The number of aliphatic carboxylic acids is 1. The number of rotatable bonds is 5. The molecule has 1 aliphatic rings. The summed E-state index contributed by atoms with van der Waals surface area (Å²) in [6, 6.07) is 2.83. The van der Waals surface area contributed by atoms with Gasteiger partial charge in [0.15, 0.2) is 0 Å². The fourth-order valence-electron chi connectivity index (χ4n) is 1.92. The van der Waals surface area contributed by atoms with Gasteiger partial charge in [-0.1, -0.05) is 24.0 Å². The van der Waals surface area contributed by atoms with Crippen molar-refractivity contribution >= 4 is 52.2 Å². The number of hydrogen-bond donors (Lipinski definition) is 4. The van der Waals surface area contributed by atoms with Gasteiger partial charge in [0.1, 0.15) is 28.4 Å². The SMILES string of the molecule is CC(NC(=O)CN1C(=O)/C(=C/c2ccc(O)cc2O)SC1=S)C(=O)O. The molecule has 1 unspecified atom stereocenters. The molecule has 0 saturated carbocycles. The normalized spacial score (nSPS) is 17.0. The average Bonchev–Trinajstić information content (AvgIpc) is 2.77. The predicted molar refractivity (Wildman–Crippen MR) is 94.9 cm³/mol. The molecule has 0 aromatic heterocycles. The number of nitrogens with one attached hydrogen (secondary N) is 1. The Morgan fingerprint density at radius 3 is 2.68 bits per heavy atom. The van der Waals surface area contributed by atoms with Crippen molar-refractivity contribution in [1.82, 2.24) is 10.2 Å². The van der Waals surface area contributed by atoms with Crippen LogP contribution < -0.4 is 5.32 Å². The van der Waals surface area contributed by atoms with Crippen molar-refractivity contribution in [1.29, 1.82) is 0 Å². The van der Waals surface area contributed by atoms with Crippen LogP contribution in [0, 0.1) is 0 Å². The van der Waals surface area contributed by atoms with Crippen LogP contribution in [0.2, 0.25) is 0 Å². The molecule has 1 atom stereocenters. The average molecular weight is 382 g/mol. The maximum absolute atomic E-state index is 12.4. The summed E-state index contributed by atoms with van der Waals surface area (Å²) in [7, 11) is 0. The zero-order valence-electron chi connectivity index (χ0n) is 12.9. The molecule has 0 aliphatic carbocycles. The zero-order valence-corrected chi connectivity index (χ0v) is 14.6. The van der Waals surface area contributed by atoms with Gasteiger partial charge >= 0.3 is 5.97 Å². The second kappa shape index (κ2) is 7.53. The van der Waals surface area contributed by atoms with Crippen LogP contribution >= 0.6 is 24.0 Å². The van der Waals surface area contributed by atoms with Crippen LogP contribution in [-0.2, 0) is 14.4 Å². The van der Waals surface area contributed by atoms with E-state index in [4.69, 9.17) is 17.3 Å². The highest BCUT2D eigenvalue weighted by atomic mass is 32.2. The molecule has 2 rings (SSSR count). The molecule has 4 N–H and O–H groups in total. The lowest BCUT2D eigenvalue weighted by Crippen LogP contribution is -2.45. The van der Waals surface area contributed by atoms with Crippen molar-refractivity contribution < 1.29 is 29.7 Å². The molecule has 2 amide bonds. The van der Waals surface area contributed by atoms with Crippen molar-refractivity contribution in [3.63, 3.8) is 0 Å². The number of carboxylic acids is 1. The van der Waals surface area contributed by atoms with E-state index in [1.165, 1.54) is 25.1 Å². The monoisotopic (exact) mass is 382 g/mol. The van der Waals surface area contributed by atoms with Gasteiger partial charge in [0.2, 0.25) is 5.91 Å². The minimum Gasteiger partial charge on any atom is -0.508 e. The van der Waals surface area contributed by atoms with Gasteiger partial charge in [-0.2, -0.15) is 0 Å².